The van der Waals surface area contributed by atoms with Gasteiger partial charge in [-0.05, 0) is 63.2 Å². The number of carboxylic acids is 1. The van der Waals surface area contributed by atoms with E-state index in [1.807, 2.05) is 67.6 Å². The minimum Gasteiger partial charge on any atom is -0.491 e. The van der Waals surface area contributed by atoms with E-state index in [2.05, 4.69) is 0 Å². The quantitative estimate of drug-likeness (QED) is 0.709. The summed E-state index contributed by atoms with van der Waals surface area (Å²) in [4.78, 5) is 15.7. The summed E-state index contributed by atoms with van der Waals surface area (Å²) in [5.74, 6) is -0.198. The smallest absolute Gasteiger partial charge is 0.328 e. The van der Waals surface area contributed by atoms with Gasteiger partial charge in [0.1, 0.15) is 11.4 Å². The van der Waals surface area contributed by atoms with E-state index in [1.54, 1.807) is 6.08 Å². The zero-order valence-corrected chi connectivity index (χ0v) is 14.4. The number of aryl methyl sites for hydroxylation is 1. The minimum absolute atomic E-state index is 0.109. The van der Waals surface area contributed by atoms with Crippen LogP contribution < -0.4 is 4.74 Å². The van der Waals surface area contributed by atoms with Crippen LogP contribution in [-0.4, -0.2) is 26.6 Å². The highest BCUT2D eigenvalue weighted by Crippen LogP contribution is 2.28. The molecule has 25 heavy (non-hydrogen) atoms. The molecule has 1 aromatic carbocycles. The van der Waals surface area contributed by atoms with Gasteiger partial charge < -0.3 is 9.84 Å². The van der Waals surface area contributed by atoms with E-state index in [4.69, 9.17) is 14.8 Å². The van der Waals surface area contributed by atoms with Crippen LogP contribution in [0.5, 0.6) is 5.75 Å². The molecule has 1 N–H and O–H groups in total. The van der Waals surface area contributed by atoms with Gasteiger partial charge in [-0.15, -0.1) is 0 Å². The Morgan fingerprint density at radius 3 is 2.56 bits per heavy atom. The van der Waals surface area contributed by atoms with Crippen LogP contribution in [0.1, 0.15) is 25.2 Å². The van der Waals surface area contributed by atoms with Crippen molar-refractivity contribution >= 4 is 17.7 Å². The molecule has 2 heterocycles. The lowest BCUT2D eigenvalue weighted by Crippen LogP contribution is -2.05. The molecule has 0 spiro atoms. The zero-order valence-electron chi connectivity index (χ0n) is 14.4. The first-order valence-corrected chi connectivity index (χ1v) is 8.12. The molecule has 0 unspecified atom stereocenters. The molecule has 0 aliphatic rings. The Balaban J connectivity index is 2.13. The molecule has 0 bridgehead atoms. The predicted octanol–water partition coefficient (Wildman–Crippen LogP) is 4.19. The summed E-state index contributed by atoms with van der Waals surface area (Å²) >= 11 is 0. The number of ether oxygens (including phenoxy) is 1. The fraction of sp³-hybridized carbons (Fsp3) is 0.200. The van der Waals surface area contributed by atoms with Gasteiger partial charge >= 0.3 is 5.97 Å². The van der Waals surface area contributed by atoms with Crippen molar-refractivity contribution in [2.45, 2.75) is 26.9 Å². The largest absolute Gasteiger partial charge is 0.491 e. The van der Waals surface area contributed by atoms with Gasteiger partial charge in [0.25, 0.3) is 0 Å². The van der Waals surface area contributed by atoms with Crippen LogP contribution in [0, 0.1) is 6.92 Å². The lowest BCUT2D eigenvalue weighted by molar-refractivity contribution is -0.131. The first-order chi connectivity index (χ1) is 12.0. The number of carbonyl (C=O) groups is 1. The first-order valence-electron chi connectivity index (χ1n) is 8.12. The third-order valence-electron chi connectivity index (χ3n) is 3.76. The van der Waals surface area contributed by atoms with E-state index in [0.29, 0.717) is 0 Å². The van der Waals surface area contributed by atoms with Gasteiger partial charge in [-0.2, -0.15) is 0 Å². The number of hydrogen-bond donors (Lipinski definition) is 1. The molecular weight excluding hydrogens is 316 g/mol. The monoisotopic (exact) mass is 336 g/mol. The number of rotatable bonds is 5. The third-order valence-corrected chi connectivity index (χ3v) is 3.76. The van der Waals surface area contributed by atoms with Crippen LogP contribution in [-0.2, 0) is 4.79 Å². The SMILES string of the molecule is Cc1cccc2nc(-c3ccc(OC(C)C)cc3)c(/C=C/C(=O)O)n12. The Bertz CT molecular complexity index is 937. The lowest BCUT2D eigenvalue weighted by Gasteiger charge is -2.10. The van der Waals surface area contributed by atoms with Crippen molar-refractivity contribution in [1.29, 1.82) is 0 Å². The summed E-state index contributed by atoms with van der Waals surface area (Å²) in [7, 11) is 0. The Hall–Kier alpha value is -3.08. The molecule has 0 fully saturated rings. The van der Waals surface area contributed by atoms with Crippen LogP contribution >= 0.6 is 0 Å². The molecule has 3 aromatic rings. The van der Waals surface area contributed by atoms with Crippen LogP contribution in [0.4, 0.5) is 0 Å². The summed E-state index contributed by atoms with van der Waals surface area (Å²) in [5.41, 5.74) is 4.16. The average Bonchev–Trinajstić information content (AvgIpc) is 2.93. The second kappa shape index (κ2) is 6.81. The zero-order chi connectivity index (χ0) is 18.0. The molecule has 5 nitrogen and oxygen atoms in total. The first kappa shape index (κ1) is 16.8. The average molecular weight is 336 g/mol. The van der Waals surface area contributed by atoms with Gasteiger partial charge in [0.15, 0.2) is 0 Å². The summed E-state index contributed by atoms with van der Waals surface area (Å²) < 4.78 is 7.63. The normalized spacial score (nSPS) is 11.5. The molecule has 0 saturated heterocycles. The standard InChI is InChI=1S/C20H20N2O3/c1-13(2)25-16-9-7-15(8-10-16)20-17(11-12-19(23)24)22-14(3)5-4-6-18(22)21-20/h4-13H,1-3H3,(H,23,24)/b12-11+. The van der Waals surface area contributed by atoms with Gasteiger partial charge in [-0.1, -0.05) is 6.07 Å². The Morgan fingerprint density at radius 1 is 1.20 bits per heavy atom. The van der Waals surface area contributed by atoms with Crippen molar-refractivity contribution in [3.05, 3.63) is 59.9 Å². The van der Waals surface area contributed by atoms with Gasteiger partial charge in [0.05, 0.1) is 17.5 Å². The lowest BCUT2D eigenvalue weighted by atomic mass is 10.1. The van der Waals surface area contributed by atoms with Crippen LogP contribution in [0.3, 0.4) is 0 Å². The van der Waals surface area contributed by atoms with Crippen LogP contribution in [0.15, 0.2) is 48.5 Å². The van der Waals surface area contributed by atoms with Gasteiger partial charge in [0.2, 0.25) is 0 Å². The molecule has 0 saturated carbocycles. The molecule has 0 atom stereocenters. The van der Waals surface area contributed by atoms with Gasteiger partial charge in [0, 0.05) is 17.3 Å². The fourth-order valence-corrected chi connectivity index (χ4v) is 2.76. The number of carboxylic acid groups (broad SMARTS) is 1. The fourth-order valence-electron chi connectivity index (χ4n) is 2.76. The molecule has 0 aliphatic heterocycles. The maximum absolute atomic E-state index is 11.0. The van der Waals surface area contributed by atoms with Crippen LogP contribution in [0.25, 0.3) is 23.0 Å². The number of benzene rings is 1. The molecule has 5 heteroatoms. The van der Waals surface area contributed by atoms with E-state index in [-0.39, 0.29) is 6.10 Å². The van der Waals surface area contributed by atoms with Gasteiger partial charge in [-0.3, -0.25) is 4.40 Å². The topological polar surface area (TPSA) is 63.8 Å². The molecule has 128 valence electrons. The van der Waals surface area contributed by atoms with Crippen molar-refractivity contribution < 1.29 is 14.6 Å². The number of pyridine rings is 1. The number of hydrogen-bond acceptors (Lipinski definition) is 3. The number of aliphatic carboxylic acids is 1. The van der Waals surface area contributed by atoms with Crippen molar-refractivity contribution in [3.8, 4) is 17.0 Å². The highest BCUT2D eigenvalue weighted by Gasteiger charge is 2.14. The van der Waals surface area contributed by atoms with E-state index in [1.165, 1.54) is 0 Å². The van der Waals surface area contributed by atoms with E-state index >= 15 is 0 Å². The second-order valence-electron chi connectivity index (χ2n) is 6.07. The third kappa shape index (κ3) is 3.55. The Morgan fingerprint density at radius 2 is 1.92 bits per heavy atom. The predicted molar refractivity (Wildman–Crippen MR) is 97.8 cm³/mol. The highest BCUT2D eigenvalue weighted by atomic mass is 16.5. The molecule has 0 aliphatic carbocycles. The Kier molecular flexibility index (Phi) is 4.57. The molecule has 0 radical (unpaired) electrons. The van der Waals surface area contributed by atoms with Crippen molar-refractivity contribution in [2.75, 3.05) is 0 Å². The number of aromatic nitrogens is 2. The van der Waals surface area contributed by atoms with E-state index < -0.39 is 5.97 Å². The van der Waals surface area contributed by atoms with Crippen molar-refractivity contribution in [1.82, 2.24) is 9.38 Å². The van der Waals surface area contributed by atoms with Crippen molar-refractivity contribution in [2.24, 2.45) is 0 Å². The summed E-state index contributed by atoms with van der Waals surface area (Å²) in [6, 6.07) is 13.5. The van der Waals surface area contributed by atoms with Gasteiger partial charge in [-0.25, -0.2) is 9.78 Å². The minimum atomic E-state index is -0.991. The number of imidazole rings is 1. The maximum atomic E-state index is 11.0. The van der Waals surface area contributed by atoms with Crippen molar-refractivity contribution in [3.63, 3.8) is 0 Å². The summed E-state index contributed by atoms with van der Waals surface area (Å²) in [6.45, 7) is 5.93. The summed E-state index contributed by atoms with van der Waals surface area (Å²) in [5, 5.41) is 9.00. The van der Waals surface area contributed by atoms with E-state index in [9.17, 15) is 4.79 Å². The number of nitrogens with zero attached hydrogens (tertiary/aromatic N) is 2. The van der Waals surface area contributed by atoms with E-state index in [0.717, 1.165) is 40.1 Å². The summed E-state index contributed by atoms with van der Waals surface area (Å²) in [6.07, 6.45) is 2.83. The Labute approximate surface area is 146 Å². The molecule has 3 rings (SSSR count). The number of fused-ring (bicyclic) bond motifs is 1. The molecule has 2 aromatic heterocycles. The maximum Gasteiger partial charge on any atom is 0.328 e. The highest BCUT2D eigenvalue weighted by molar-refractivity contribution is 5.87. The van der Waals surface area contributed by atoms with Crippen LogP contribution in [0.2, 0.25) is 0 Å². The second-order valence-corrected chi connectivity index (χ2v) is 6.07. The molecular formula is C20H20N2O3. The molecule has 0 amide bonds.